The lowest BCUT2D eigenvalue weighted by atomic mass is 10.0. The molecule has 2 heterocycles. The number of fused-ring (bicyclic) bond motifs is 1. The standard InChI is InChI=1S/C14H13ClN2O3/c15-8-1-2-9-11(3-4-16-12(9)5-8)17-13-7-20-6-10(13)14(18)19/h1-5,10,13H,6-7H2,(H,16,17)(H,18,19). The minimum absolute atomic E-state index is 0.238. The minimum Gasteiger partial charge on any atom is -0.481 e. The molecule has 1 saturated heterocycles. The largest absolute Gasteiger partial charge is 0.481 e. The number of carboxylic acid groups (broad SMARTS) is 1. The van der Waals surface area contributed by atoms with Gasteiger partial charge in [0.1, 0.15) is 5.92 Å². The highest BCUT2D eigenvalue weighted by molar-refractivity contribution is 6.31. The van der Waals surface area contributed by atoms with Gasteiger partial charge in [-0.2, -0.15) is 0 Å². The highest BCUT2D eigenvalue weighted by Gasteiger charge is 2.34. The number of pyridine rings is 1. The van der Waals surface area contributed by atoms with Gasteiger partial charge >= 0.3 is 5.97 Å². The molecule has 2 atom stereocenters. The zero-order valence-corrected chi connectivity index (χ0v) is 11.3. The summed E-state index contributed by atoms with van der Waals surface area (Å²) in [7, 11) is 0. The molecule has 2 N–H and O–H groups in total. The average Bonchev–Trinajstić information content (AvgIpc) is 2.87. The maximum Gasteiger partial charge on any atom is 0.311 e. The lowest BCUT2D eigenvalue weighted by molar-refractivity contribution is -0.141. The van der Waals surface area contributed by atoms with Crippen LogP contribution in [0.4, 0.5) is 5.69 Å². The Bertz CT molecular complexity index is 662. The summed E-state index contributed by atoms with van der Waals surface area (Å²) in [6.45, 7) is 0.621. The second-order valence-electron chi connectivity index (χ2n) is 4.75. The lowest BCUT2D eigenvalue weighted by Gasteiger charge is -2.18. The number of hydrogen-bond acceptors (Lipinski definition) is 4. The molecule has 1 aromatic heterocycles. The Morgan fingerprint density at radius 1 is 1.40 bits per heavy atom. The van der Waals surface area contributed by atoms with Crippen molar-refractivity contribution in [2.24, 2.45) is 5.92 Å². The molecule has 2 unspecified atom stereocenters. The first-order chi connectivity index (χ1) is 9.65. The first-order valence-electron chi connectivity index (χ1n) is 6.26. The van der Waals surface area contributed by atoms with Crippen molar-refractivity contribution in [3.05, 3.63) is 35.5 Å². The van der Waals surface area contributed by atoms with Crippen molar-refractivity contribution < 1.29 is 14.6 Å². The summed E-state index contributed by atoms with van der Waals surface area (Å²) in [5.74, 6) is -1.38. The number of aromatic nitrogens is 1. The molecular formula is C14H13ClN2O3. The molecule has 1 aliphatic rings. The summed E-state index contributed by atoms with van der Waals surface area (Å²) < 4.78 is 5.25. The fraction of sp³-hybridized carbons (Fsp3) is 0.286. The van der Waals surface area contributed by atoms with Crippen molar-refractivity contribution in [2.75, 3.05) is 18.5 Å². The van der Waals surface area contributed by atoms with Gasteiger partial charge in [0.15, 0.2) is 0 Å². The summed E-state index contributed by atoms with van der Waals surface area (Å²) in [5, 5.41) is 13.9. The lowest BCUT2D eigenvalue weighted by Crippen LogP contribution is -2.33. The number of rotatable bonds is 3. The van der Waals surface area contributed by atoms with Gasteiger partial charge in [-0.05, 0) is 24.3 Å². The SMILES string of the molecule is O=C(O)C1COCC1Nc1ccnc2cc(Cl)ccc12. The molecule has 20 heavy (non-hydrogen) atoms. The Hall–Kier alpha value is -1.85. The van der Waals surface area contributed by atoms with Crippen molar-refractivity contribution in [3.63, 3.8) is 0 Å². The third kappa shape index (κ3) is 2.42. The van der Waals surface area contributed by atoms with Crippen molar-refractivity contribution in [1.82, 2.24) is 4.98 Å². The van der Waals surface area contributed by atoms with Crippen LogP contribution in [0.2, 0.25) is 5.02 Å². The van der Waals surface area contributed by atoms with Crippen molar-refractivity contribution >= 4 is 34.2 Å². The Balaban J connectivity index is 1.93. The number of hydrogen-bond donors (Lipinski definition) is 2. The molecule has 6 heteroatoms. The number of anilines is 1. The number of aliphatic carboxylic acids is 1. The average molecular weight is 293 g/mol. The molecule has 0 amide bonds. The Kier molecular flexibility index (Phi) is 3.46. The molecule has 0 spiro atoms. The first kappa shape index (κ1) is 13.1. The minimum atomic E-state index is -0.846. The van der Waals surface area contributed by atoms with Gasteiger partial charge in [-0.15, -0.1) is 0 Å². The van der Waals surface area contributed by atoms with Gasteiger partial charge in [-0.25, -0.2) is 0 Å². The highest BCUT2D eigenvalue weighted by atomic mass is 35.5. The second-order valence-corrected chi connectivity index (χ2v) is 5.19. The molecule has 0 bridgehead atoms. The van der Waals surface area contributed by atoms with Crippen molar-refractivity contribution in [3.8, 4) is 0 Å². The van der Waals surface area contributed by atoms with E-state index in [4.69, 9.17) is 21.4 Å². The van der Waals surface area contributed by atoms with Crippen molar-refractivity contribution in [1.29, 1.82) is 0 Å². The maximum absolute atomic E-state index is 11.2. The third-order valence-corrected chi connectivity index (χ3v) is 3.68. The molecule has 0 aliphatic carbocycles. The van der Waals surface area contributed by atoms with Crippen LogP contribution in [0.25, 0.3) is 10.9 Å². The second kappa shape index (κ2) is 5.26. The normalized spacial score (nSPS) is 22.1. The number of nitrogens with zero attached hydrogens (tertiary/aromatic N) is 1. The number of carbonyl (C=O) groups is 1. The molecule has 5 nitrogen and oxygen atoms in total. The Labute approximate surface area is 120 Å². The number of nitrogens with one attached hydrogen (secondary N) is 1. The van der Waals surface area contributed by atoms with E-state index in [9.17, 15) is 4.79 Å². The van der Waals surface area contributed by atoms with Crippen LogP contribution in [0.1, 0.15) is 0 Å². The predicted molar refractivity (Wildman–Crippen MR) is 76.1 cm³/mol. The quantitative estimate of drug-likeness (QED) is 0.909. The summed E-state index contributed by atoms with van der Waals surface area (Å²) in [6, 6.07) is 7.03. The molecule has 1 aliphatic heterocycles. The van der Waals surface area contributed by atoms with Gasteiger partial charge < -0.3 is 15.2 Å². The molecule has 3 rings (SSSR count). The van der Waals surface area contributed by atoms with Crippen LogP contribution < -0.4 is 5.32 Å². The van der Waals surface area contributed by atoms with Gasteiger partial charge in [0.25, 0.3) is 0 Å². The number of ether oxygens (including phenoxy) is 1. The Morgan fingerprint density at radius 3 is 3.05 bits per heavy atom. The van der Waals surface area contributed by atoms with E-state index in [1.165, 1.54) is 0 Å². The molecular weight excluding hydrogens is 280 g/mol. The summed E-state index contributed by atoms with van der Waals surface area (Å²) in [5.41, 5.74) is 1.61. The van der Waals surface area contributed by atoms with E-state index in [1.807, 2.05) is 12.1 Å². The van der Waals surface area contributed by atoms with E-state index in [2.05, 4.69) is 10.3 Å². The van der Waals surface area contributed by atoms with E-state index in [1.54, 1.807) is 18.3 Å². The van der Waals surface area contributed by atoms with E-state index >= 15 is 0 Å². The van der Waals surface area contributed by atoms with E-state index in [0.29, 0.717) is 11.6 Å². The van der Waals surface area contributed by atoms with Crippen LogP contribution in [0, 0.1) is 5.92 Å². The van der Waals surface area contributed by atoms with Gasteiger partial charge in [0, 0.05) is 22.3 Å². The summed E-state index contributed by atoms with van der Waals surface area (Å²) in [6.07, 6.45) is 1.67. The van der Waals surface area contributed by atoms with Crippen LogP contribution in [-0.4, -0.2) is 35.3 Å². The fourth-order valence-corrected chi connectivity index (χ4v) is 2.55. The highest BCUT2D eigenvalue weighted by Crippen LogP contribution is 2.27. The fourth-order valence-electron chi connectivity index (χ4n) is 2.39. The number of halogens is 1. The van der Waals surface area contributed by atoms with E-state index in [-0.39, 0.29) is 12.6 Å². The summed E-state index contributed by atoms with van der Waals surface area (Å²) in [4.78, 5) is 15.4. The molecule has 1 aromatic carbocycles. The monoisotopic (exact) mass is 292 g/mol. The Morgan fingerprint density at radius 2 is 2.25 bits per heavy atom. The topological polar surface area (TPSA) is 71.5 Å². The molecule has 104 valence electrons. The molecule has 2 aromatic rings. The predicted octanol–water partition coefficient (Wildman–Crippen LogP) is 2.40. The smallest absolute Gasteiger partial charge is 0.311 e. The first-order valence-corrected chi connectivity index (χ1v) is 6.64. The number of carboxylic acids is 1. The van der Waals surface area contributed by atoms with Crippen LogP contribution in [0.3, 0.4) is 0 Å². The molecule has 0 radical (unpaired) electrons. The number of benzene rings is 1. The van der Waals surface area contributed by atoms with Gasteiger partial charge in [0.05, 0.1) is 24.8 Å². The van der Waals surface area contributed by atoms with Crippen LogP contribution in [0.15, 0.2) is 30.5 Å². The molecule has 0 saturated carbocycles. The zero-order valence-electron chi connectivity index (χ0n) is 10.5. The van der Waals surface area contributed by atoms with Crippen molar-refractivity contribution in [2.45, 2.75) is 6.04 Å². The summed E-state index contributed by atoms with van der Waals surface area (Å²) >= 11 is 5.95. The van der Waals surface area contributed by atoms with Gasteiger partial charge in [0.2, 0.25) is 0 Å². The van der Waals surface area contributed by atoms with E-state index < -0.39 is 11.9 Å². The van der Waals surface area contributed by atoms with Gasteiger partial charge in [-0.1, -0.05) is 11.6 Å². The van der Waals surface area contributed by atoms with Gasteiger partial charge in [-0.3, -0.25) is 9.78 Å². The van der Waals surface area contributed by atoms with Crippen LogP contribution in [-0.2, 0) is 9.53 Å². The van der Waals surface area contributed by atoms with E-state index in [0.717, 1.165) is 16.6 Å². The van der Waals surface area contributed by atoms with Crippen LogP contribution in [0.5, 0.6) is 0 Å². The maximum atomic E-state index is 11.2. The zero-order chi connectivity index (χ0) is 14.1. The third-order valence-electron chi connectivity index (χ3n) is 3.44. The molecule has 1 fully saturated rings. The van der Waals surface area contributed by atoms with Crippen LogP contribution >= 0.6 is 11.6 Å².